The van der Waals surface area contributed by atoms with E-state index in [-0.39, 0.29) is 5.54 Å². The van der Waals surface area contributed by atoms with Gasteiger partial charge in [-0.05, 0) is 68.5 Å². The molecule has 0 radical (unpaired) electrons. The molecule has 0 bridgehead atoms. The lowest BCUT2D eigenvalue weighted by Crippen LogP contribution is -2.48. The van der Waals surface area contributed by atoms with Crippen LogP contribution in [0.5, 0.6) is 5.75 Å². The monoisotopic (exact) mass is 394 g/mol. The van der Waals surface area contributed by atoms with Gasteiger partial charge in [-0.15, -0.1) is 0 Å². The molecule has 1 heterocycles. The number of hydrazone groups is 1. The molecule has 0 saturated carbocycles. The SMILES string of the molecule is CCN1c2ccc(/C=N/NC(=O)Nc3ccccc3OC)cc2[C@@H](C)CC1(C)C. The first kappa shape index (κ1) is 20.7. The van der Waals surface area contributed by atoms with E-state index < -0.39 is 6.03 Å². The third-order valence-electron chi connectivity index (χ3n) is 5.46. The number of nitrogens with one attached hydrogen (secondary N) is 2. The Morgan fingerprint density at radius 1 is 1.31 bits per heavy atom. The average Bonchev–Trinajstić information content (AvgIpc) is 2.68. The highest BCUT2D eigenvalue weighted by Crippen LogP contribution is 2.43. The highest BCUT2D eigenvalue weighted by atomic mass is 16.5. The molecular weight excluding hydrogens is 364 g/mol. The Hall–Kier alpha value is -3.02. The lowest BCUT2D eigenvalue weighted by Gasteiger charge is -2.47. The molecule has 2 aromatic carbocycles. The second-order valence-corrected chi connectivity index (χ2v) is 8.00. The number of hydrogen-bond acceptors (Lipinski definition) is 4. The zero-order valence-electron chi connectivity index (χ0n) is 17.8. The van der Waals surface area contributed by atoms with Crippen molar-refractivity contribution < 1.29 is 9.53 Å². The highest BCUT2D eigenvalue weighted by Gasteiger charge is 2.35. The lowest BCUT2D eigenvalue weighted by atomic mass is 9.79. The van der Waals surface area contributed by atoms with Gasteiger partial charge in [-0.25, -0.2) is 10.2 Å². The molecule has 1 aliphatic heterocycles. The van der Waals surface area contributed by atoms with Crippen molar-refractivity contribution in [3.63, 3.8) is 0 Å². The van der Waals surface area contributed by atoms with Crippen molar-refractivity contribution in [2.24, 2.45) is 5.10 Å². The van der Waals surface area contributed by atoms with E-state index >= 15 is 0 Å². The fraction of sp³-hybridized carbons (Fsp3) is 0.391. The largest absolute Gasteiger partial charge is 0.495 e. The van der Waals surface area contributed by atoms with Crippen LogP contribution in [-0.4, -0.2) is 31.4 Å². The third-order valence-corrected chi connectivity index (χ3v) is 5.46. The lowest BCUT2D eigenvalue weighted by molar-refractivity contribution is 0.252. The number of rotatable bonds is 5. The molecule has 3 rings (SSSR count). The number of nitrogens with zero attached hydrogens (tertiary/aromatic N) is 2. The van der Waals surface area contributed by atoms with Crippen LogP contribution in [0, 0.1) is 0 Å². The molecule has 0 aliphatic carbocycles. The van der Waals surface area contributed by atoms with Crippen molar-refractivity contribution in [2.75, 3.05) is 23.9 Å². The van der Waals surface area contributed by atoms with Gasteiger partial charge in [-0.3, -0.25) is 0 Å². The highest BCUT2D eigenvalue weighted by molar-refractivity contribution is 5.92. The number of anilines is 2. The summed E-state index contributed by atoms with van der Waals surface area (Å²) in [5, 5.41) is 6.83. The van der Waals surface area contributed by atoms with Crippen LogP contribution >= 0.6 is 0 Å². The molecule has 154 valence electrons. The zero-order valence-corrected chi connectivity index (χ0v) is 17.8. The predicted molar refractivity (Wildman–Crippen MR) is 119 cm³/mol. The smallest absolute Gasteiger partial charge is 0.339 e. The molecule has 0 aromatic heterocycles. The van der Waals surface area contributed by atoms with Crippen molar-refractivity contribution in [1.29, 1.82) is 0 Å². The van der Waals surface area contributed by atoms with Gasteiger partial charge in [0.25, 0.3) is 0 Å². The summed E-state index contributed by atoms with van der Waals surface area (Å²) in [6.07, 6.45) is 2.78. The summed E-state index contributed by atoms with van der Waals surface area (Å²) in [5.74, 6) is 1.07. The van der Waals surface area contributed by atoms with E-state index in [1.807, 2.05) is 18.2 Å². The van der Waals surface area contributed by atoms with Crippen molar-refractivity contribution in [3.05, 3.63) is 53.6 Å². The molecule has 1 atom stereocenters. The van der Waals surface area contributed by atoms with E-state index in [9.17, 15) is 4.79 Å². The topological polar surface area (TPSA) is 66.0 Å². The summed E-state index contributed by atoms with van der Waals surface area (Å²) in [4.78, 5) is 14.6. The molecule has 1 aliphatic rings. The predicted octanol–water partition coefficient (Wildman–Crippen LogP) is 4.96. The van der Waals surface area contributed by atoms with Crippen LogP contribution in [0.3, 0.4) is 0 Å². The molecule has 2 aromatic rings. The van der Waals surface area contributed by atoms with E-state index in [4.69, 9.17) is 4.74 Å². The summed E-state index contributed by atoms with van der Waals surface area (Å²) >= 11 is 0. The maximum atomic E-state index is 12.1. The molecule has 2 N–H and O–H groups in total. The van der Waals surface area contributed by atoms with Gasteiger partial charge in [0.2, 0.25) is 0 Å². The van der Waals surface area contributed by atoms with Crippen molar-refractivity contribution in [1.82, 2.24) is 5.43 Å². The fourth-order valence-electron chi connectivity index (χ4n) is 4.25. The first-order valence-corrected chi connectivity index (χ1v) is 10.0. The average molecular weight is 395 g/mol. The zero-order chi connectivity index (χ0) is 21.0. The van der Waals surface area contributed by atoms with Crippen LogP contribution in [0.25, 0.3) is 0 Å². The van der Waals surface area contributed by atoms with Crippen molar-refractivity contribution in [2.45, 2.75) is 45.6 Å². The van der Waals surface area contributed by atoms with Gasteiger partial charge in [-0.2, -0.15) is 5.10 Å². The molecule has 0 fully saturated rings. The van der Waals surface area contributed by atoms with Gasteiger partial charge >= 0.3 is 6.03 Å². The van der Waals surface area contributed by atoms with Gasteiger partial charge in [0, 0.05) is 17.8 Å². The third kappa shape index (κ3) is 4.53. The van der Waals surface area contributed by atoms with Gasteiger partial charge in [0.15, 0.2) is 0 Å². The summed E-state index contributed by atoms with van der Waals surface area (Å²) in [6, 6.07) is 13.2. The van der Waals surface area contributed by atoms with Crippen LogP contribution < -0.4 is 20.4 Å². The first-order valence-electron chi connectivity index (χ1n) is 10.0. The van der Waals surface area contributed by atoms with E-state index in [2.05, 4.69) is 60.6 Å². The molecule has 6 nitrogen and oxygen atoms in total. The summed E-state index contributed by atoms with van der Waals surface area (Å²) < 4.78 is 5.23. The second-order valence-electron chi connectivity index (χ2n) is 8.00. The fourth-order valence-corrected chi connectivity index (χ4v) is 4.25. The number of carbonyl (C=O) groups excluding carboxylic acids is 1. The van der Waals surface area contributed by atoms with Gasteiger partial charge < -0.3 is 15.0 Å². The van der Waals surface area contributed by atoms with Gasteiger partial charge in [-0.1, -0.05) is 25.1 Å². The van der Waals surface area contributed by atoms with E-state index in [1.165, 1.54) is 11.3 Å². The molecule has 0 saturated heterocycles. The second kappa shape index (κ2) is 8.55. The molecule has 2 amide bonds. The number of benzene rings is 2. The van der Waals surface area contributed by atoms with Crippen LogP contribution in [0.2, 0.25) is 0 Å². The summed E-state index contributed by atoms with van der Waals surface area (Å²) in [7, 11) is 1.56. The van der Waals surface area contributed by atoms with Crippen LogP contribution in [0.4, 0.5) is 16.2 Å². The van der Waals surface area contributed by atoms with Crippen molar-refractivity contribution >= 4 is 23.6 Å². The first-order chi connectivity index (χ1) is 13.9. The standard InChI is InChI=1S/C23H30N4O2/c1-6-27-20-12-11-17(13-18(20)16(2)14-23(27,3)4)15-24-26-22(28)25-19-9-7-8-10-21(19)29-5/h7-13,15-16H,6,14H2,1-5H3,(H2,25,26,28)/b24-15+/t16-/m0/s1. The number of amides is 2. The van der Waals surface area contributed by atoms with Crippen LogP contribution in [0.15, 0.2) is 47.6 Å². The Labute approximate surface area is 172 Å². The maximum absolute atomic E-state index is 12.1. The maximum Gasteiger partial charge on any atom is 0.339 e. The minimum Gasteiger partial charge on any atom is -0.495 e. The number of carbonyl (C=O) groups is 1. The number of ether oxygens (including phenoxy) is 1. The van der Waals surface area contributed by atoms with Crippen molar-refractivity contribution in [3.8, 4) is 5.75 Å². The summed E-state index contributed by atoms with van der Waals surface area (Å²) in [6.45, 7) is 10.0. The number of fused-ring (bicyclic) bond motifs is 1. The van der Waals surface area contributed by atoms with E-state index in [1.54, 1.807) is 25.5 Å². The minimum atomic E-state index is -0.420. The minimum absolute atomic E-state index is 0.148. The quantitative estimate of drug-likeness (QED) is 0.556. The van der Waals surface area contributed by atoms with Gasteiger partial charge in [0.05, 0.1) is 19.0 Å². The normalized spacial score (nSPS) is 17.7. The molecule has 0 unspecified atom stereocenters. The molecule has 6 heteroatoms. The molecular formula is C23H30N4O2. The van der Waals surface area contributed by atoms with E-state index in [0.717, 1.165) is 18.5 Å². The molecule has 29 heavy (non-hydrogen) atoms. The summed E-state index contributed by atoms with van der Waals surface area (Å²) in [5.41, 5.74) is 6.82. The Morgan fingerprint density at radius 2 is 2.07 bits per heavy atom. The van der Waals surface area contributed by atoms with Crippen LogP contribution in [0.1, 0.15) is 51.2 Å². The van der Waals surface area contributed by atoms with Gasteiger partial charge in [0.1, 0.15) is 5.75 Å². The molecule has 0 spiro atoms. The number of para-hydroxylation sites is 2. The number of methoxy groups -OCH3 is 1. The van der Waals surface area contributed by atoms with Crippen LogP contribution in [-0.2, 0) is 0 Å². The Kier molecular flexibility index (Phi) is 6.11. The number of hydrogen-bond donors (Lipinski definition) is 2. The Bertz CT molecular complexity index is 908. The number of urea groups is 1. The Morgan fingerprint density at radius 3 is 2.79 bits per heavy atom. The Balaban J connectivity index is 1.69. The van der Waals surface area contributed by atoms with E-state index in [0.29, 0.717) is 17.4 Å².